The van der Waals surface area contributed by atoms with E-state index in [1.165, 1.54) is 36.2 Å². The molecule has 0 bridgehead atoms. The first-order valence-electron chi connectivity index (χ1n) is 14.3. The van der Waals surface area contributed by atoms with Crippen LogP contribution in [0.2, 0.25) is 0 Å². The molecule has 0 aromatic heterocycles. The van der Waals surface area contributed by atoms with Crippen molar-refractivity contribution in [2.24, 2.45) is 0 Å². The SMILES string of the molecule is C1CCC(P(C2CCCCC2)C2CCCCC2)CC1.CS(=O)(=O)[O-].[NH-]c1ccccc1-c1[c-]cccc1.[Pd]. The summed E-state index contributed by atoms with van der Waals surface area (Å²) >= 11 is 0. The van der Waals surface area contributed by atoms with Crippen LogP contribution in [0.15, 0.2) is 48.5 Å². The average Bonchev–Trinajstić information content (AvgIpc) is 2.91. The molecule has 38 heavy (non-hydrogen) atoms. The summed E-state index contributed by atoms with van der Waals surface area (Å²) in [4.78, 5) is 0. The Hall–Kier alpha value is -0.758. The number of hydrogen-bond donors (Lipinski definition) is 0. The standard InChI is InChI=1S/C18H33P.C12H9N.CH4O3S.Pd/c1-4-10-16(11-5-1)19(17-12-6-2-7-13-17)18-14-8-3-9-15-18;13-12-9-5-4-8-11(12)10-6-2-1-3-7-10;1-5(2,3)4;/h16-18H,1-15H2;1-6,8-9,13H;1H3,(H,2,3,4);/q;-2;;/p-1. The van der Waals surface area contributed by atoms with Crippen molar-refractivity contribution < 1.29 is 33.4 Å². The summed E-state index contributed by atoms with van der Waals surface area (Å²) in [7, 11) is -3.53. The Morgan fingerprint density at radius 1 is 0.737 bits per heavy atom. The fourth-order valence-electron chi connectivity index (χ4n) is 6.31. The van der Waals surface area contributed by atoms with Crippen molar-refractivity contribution in [1.29, 1.82) is 0 Å². The second kappa shape index (κ2) is 17.8. The van der Waals surface area contributed by atoms with Gasteiger partial charge in [-0.1, -0.05) is 90.0 Å². The molecule has 0 radical (unpaired) electrons. The van der Waals surface area contributed by atoms with Gasteiger partial charge in [-0.2, -0.15) is 5.69 Å². The monoisotopic (exact) mass is 648 g/mol. The van der Waals surface area contributed by atoms with E-state index in [1.807, 2.05) is 42.5 Å². The molecule has 1 N–H and O–H groups in total. The van der Waals surface area contributed by atoms with E-state index in [0.29, 0.717) is 19.9 Å². The average molecular weight is 649 g/mol. The zero-order valence-corrected chi connectivity index (χ0v) is 26.1. The number of hydrogen-bond acceptors (Lipinski definition) is 3. The quantitative estimate of drug-likeness (QED) is 0.143. The molecule has 0 heterocycles. The number of rotatable bonds is 4. The second-order valence-corrected chi connectivity index (χ2v) is 15.3. The van der Waals surface area contributed by atoms with Gasteiger partial charge < -0.3 is 10.3 Å². The first kappa shape index (κ1) is 33.4. The van der Waals surface area contributed by atoms with E-state index < -0.39 is 10.1 Å². The Morgan fingerprint density at radius 3 is 1.50 bits per heavy atom. The molecule has 0 unspecified atom stereocenters. The minimum Gasteiger partial charge on any atom is -0.748 e. The zero-order valence-electron chi connectivity index (χ0n) is 22.9. The van der Waals surface area contributed by atoms with Gasteiger partial charge in [0.05, 0.1) is 10.1 Å². The molecular weight excluding hydrogens is 604 g/mol. The van der Waals surface area contributed by atoms with Crippen molar-refractivity contribution in [2.75, 3.05) is 6.26 Å². The summed E-state index contributed by atoms with van der Waals surface area (Å²) < 4.78 is 27.2. The van der Waals surface area contributed by atoms with Crippen LogP contribution in [0.5, 0.6) is 0 Å². The maximum atomic E-state index is 9.08. The molecule has 3 saturated carbocycles. The predicted molar refractivity (Wildman–Crippen MR) is 158 cm³/mol. The van der Waals surface area contributed by atoms with Crippen molar-refractivity contribution in [3.05, 3.63) is 60.3 Å². The summed E-state index contributed by atoms with van der Waals surface area (Å²) in [5.41, 5.74) is 13.7. The topological polar surface area (TPSA) is 81.0 Å². The molecule has 2 aromatic carbocycles. The van der Waals surface area contributed by atoms with Crippen LogP contribution >= 0.6 is 7.92 Å². The van der Waals surface area contributed by atoms with Gasteiger partial charge in [-0.3, -0.25) is 0 Å². The Bertz CT molecular complexity index is 952. The maximum Gasteiger partial charge on any atom is 0.0916 e. The molecular formula is C31H45NO3PPdS-3. The maximum absolute atomic E-state index is 9.08. The van der Waals surface area contributed by atoms with Crippen molar-refractivity contribution in [3.63, 3.8) is 0 Å². The van der Waals surface area contributed by atoms with Gasteiger partial charge in [0.2, 0.25) is 0 Å². The third kappa shape index (κ3) is 12.2. The summed E-state index contributed by atoms with van der Waals surface area (Å²) in [5.74, 6) is 0. The normalized spacial score (nSPS) is 19.3. The summed E-state index contributed by atoms with van der Waals surface area (Å²) in [6.07, 6.45) is 24.2. The first-order valence-corrected chi connectivity index (χ1v) is 17.7. The molecule has 2 aromatic rings. The molecule has 5 rings (SSSR count). The van der Waals surface area contributed by atoms with Gasteiger partial charge in [0, 0.05) is 26.7 Å². The molecule has 3 fully saturated rings. The van der Waals surface area contributed by atoms with E-state index in [0.717, 1.165) is 11.1 Å². The zero-order chi connectivity index (χ0) is 26.5. The van der Waals surface area contributed by atoms with Gasteiger partial charge in [-0.15, -0.1) is 41.5 Å². The molecule has 0 amide bonds. The predicted octanol–water partition coefficient (Wildman–Crippen LogP) is 9.46. The molecule has 0 spiro atoms. The van der Waals surface area contributed by atoms with Crippen LogP contribution in [-0.4, -0.2) is 36.2 Å². The van der Waals surface area contributed by atoms with Crippen molar-refractivity contribution in [3.8, 4) is 11.1 Å². The molecule has 216 valence electrons. The van der Waals surface area contributed by atoms with Gasteiger partial charge in [-0.25, -0.2) is 8.42 Å². The van der Waals surface area contributed by atoms with E-state index in [1.54, 1.807) is 83.1 Å². The van der Waals surface area contributed by atoms with Crippen LogP contribution in [0, 0.1) is 6.07 Å². The van der Waals surface area contributed by atoms with Crippen LogP contribution < -0.4 is 0 Å². The van der Waals surface area contributed by atoms with Crippen LogP contribution in [0.4, 0.5) is 5.69 Å². The van der Waals surface area contributed by atoms with Crippen molar-refractivity contribution >= 4 is 23.7 Å². The van der Waals surface area contributed by atoms with Gasteiger partial charge in [0.1, 0.15) is 0 Å². The van der Waals surface area contributed by atoms with Gasteiger partial charge in [0.15, 0.2) is 0 Å². The Kier molecular flexibility index (Phi) is 15.7. The van der Waals surface area contributed by atoms with Crippen LogP contribution in [0.3, 0.4) is 0 Å². The van der Waals surface area contributed by atoms with Crippen LogP contribution in [0.25, 0.3) is 16.9 Å². The van der Waals surface area contributed by atoms with Gasteiger partial charge in [0.25, 0.3) is 0 Å². The van der Waals surface area contributed by atoms with Gasteiger partial charge >= 0.3 is 0 Å². The Morgan fingerprint density at radius 2 is 1.13 bits per heavy atom. The van der Waals surface area contributed by atoms with Crippen LogP contribution in [-0.2, 0) is 30.5 Å². The Labute approximate surface area is 247 Å². The summed E-state index contributed by atoms with van der Waals surface area (Å²) in [5, 5.41) is 0. The molecule has 7 heteroatoms. The number of benzene rings is 2. The molecule has 0 saturated heterocycles. The minimum atomic E-state index is -3.92. The molecule has 0 aliphatic heterocycles. The molecule has 3 aliphatic rings. The minimum absolute atomic E-state index is 0. The fraction of sp³-hybridized carbons (Fsp3) is 0.613. The van der Waals surface area contributed by atoms with E-state index in [-0.39, 0.29) is 20.4 Å². The van der Waals surface area contributed by atoms with Crippen molar-refractivity contribution in [2.45, 2.75) is 113 Å². The third-order valence-corrected chi connectivity index (χ3v) is 12.0. The van der Waals surface area contributed by atoms with Crippen LogP contribution in [0.1, 0.15) is 96.3 Å². The number of nitrogens with one attached hydrogen (secondary N) is 1. The molecule has 0 atom stereocenters. The van der Waals surface area contributed by atoms with E-state index in [2.05, 4.69) is 6.07 Å². The third-order valence-electron chi connectivity index (χ3n) is 7.92. The Balaban J connectivity index is 0.000000232. The summed E-state index contributed by atoms with van der Waals surface area (Å²) in [6.45, 7) is 0. The second-order valence-electron chi connectivity index (χ2n) is 10.8. The first-order chi connectivity index (χ1) is 17.8. The van der Waals surface area contributed by atoms with E-state index in [9.17, 15) is 0 Å². The largest absolute Gasteiger partial charge is 0.748 e. The van der Waals surface area contributed by atoms with Gasteiger partial charge in [-0.05, 0) is 55.5 Å². The molecule has 3 aliphatic carbocycles. The van der Waals surface area contributed by atoms with Crippen molar-refractivity contribution in [1.82, 2.24) is 0 Å². The molecule has 4 nitrogen and oxygen atoms in total. The van der Waals surface area contributed by atoms with E-state index >= 15 is 0 Å². The summed E-state index contributed by atoms with van der Waals surface area (Å²) in [6, 6.07) is 18.4. The van der Waals surface area contributed by atoms with E-state index in [4.69, 9.17) is 18.7 Å². The fourth-order valence-corrected chi connectivity index (χ4v) is 11.0. The smallest absolute Gasteiger partial charge is 0.0916 e.